The van der Waals surface area contributed by atoms with Crippen LogP contribution in [-0.4, -0.2) is 114 Å². The Hall–Kier alpha value is -8.55. The van der Waals surface area contributed by atoms with Crippen molar-refractivity contribution in [3.05, 3.63) is 174 Å². The summed E-state index contributed by atoms with van der Waals surface area (Å²) in [5.41, 5.74) is 15.7. The maximum Gasteiger partial charge on any atom is 0.407 e. The molecule has 402 valence electrons. The summed E-state index contributed by atoms with van der Waals surface area (Å²) in [7, 11) is 0. The van der Waals surface area contributed by atoms with Crippen molar-refractivity contribution in [2.75, 3.05) is 26.2 Å². The Labute approximate surface area is 446 Å². The van der Waals surface area contributed by atoms with Gasteiger partial charge in [-0.2, -0.15) is 0 Å². The summed E-state index contributed by atoms with van der Waals surface area (Å²) in [5, 5.41) is 17.9. The lowest BCUT2D eigenvalue weighted by Gasteiger charge is -2.32. The molecule has 0 aliphatic carbocycles. The normalized spacial score (nSPS) is 21.6. The van der Waals surface area contributed by atoms with Gasteiger partial charge in [-0.25, -0.2) is 4.79 Å². The Bertz CT molecular complexity index is 2960. The SMILES string of the molecule is NCCCC[C@@H]1NC(=O)[C@H](Cc2c[nH]c3ccccc23)NC(=O)[C@H](c2ccccc2)NC(=O)[C@@H]2C[C@H](OC(=O)NCCN)CN2C(=O)[C@H](Cc2ccccc2)NC(=O)[C@H](Cc2ccc(OCc3ccccc3)cc2)NC1=O. The standard InChI is InChI=1S/C58H66N10O9/c59-27-13-12-22-46-52(69)64-47(30-38-23-25-42(26-24-38)76-36-39-16-6-2-7-17-39)53(70)66-49(31-37-14-4-1-5-15-37)57(74)68-35-43(77-58(75)61-29-28-60)33-50(68)55(72)67-51(40-18-8-3-9-19-40)56(73)65-48(54(71)63-46)32-41-34-62-45-21-11-10-20-44(41)45/h1-11,14-21,23-26,34,43,46-51,62H,12-13,22,27-33,35-36,59-60H2,(H,61,75)(H,63,71)(H,64,69)(H,65,73)(H,66,70)(H,67,72)/t43-,46-,47-,48-,49-,50-,51-/m0/s1. The molecule has 3 heterocycles. The van der Waals surface area contributed by atoms with Crippen LogP contribution in [0.5, 0.6) is 5.75 Å². The van der Waals surface area contributed by atoms with Crippen molar-refractivity contribution in [1.82, 2.24) is 41.8 Å². The average molecular weight is 1050 g/mol. The molecular weight excluding hydrogens is 981 g/mol. The predicted molar refractivity (Wildman–Crippen MR) is 288 cm³/mol. The molecule has 1 aromatic heterocycles. The van der Waals surface area contributed by atoms with Gasteiger partial charge >= 0.3 is 6.09 Å². The Morgan fingerprint density at radius 3 is 1.87 bits per heavy atom. The lowest BCUT2D eigenvalue weighted by atomic mass is 9.99. The summed E-state index contributed by atoms with van der Waals surface area (Å²) in [6.45, 7) is 0.617. The minimum Gasteiger partial charge on any atom is -0.489 e. The topological polar surface area (TPSA) is 281 Å². The van der Waals surface area contributed by atoms with Crippen molar-refractivity contribution in [3.63, 3.8) is 0 Å². The third-order valence-electron chi connectivity index (χ3n) is 13.7. The molecular formula is C58H66N10O9. The van der Waals surface area contributed by atoms with Crippen LogP contribution in [-0.2, 0) is 59.4 Å². The number of nitrogens with one attached hydrogen (secondary N) is 7. The zero-order valence-corrected chi connectivity index (χ0v) is 42.7. The number of carbonyl (C=O) groups is 7. The lowest BCUT2D eigenvalue weighted by molar-refractivity contribution is -0.143. The number of hydrogen-bond acceptors (Lipinski definition) is 11. The summed E-state index contributed by atoms with van der Waals surface area (Å²) in [6, 6.07) is 33.6. The minimum absolute atomic E-state index is 0.0385. The van der Waals surface area contributed by atoms with Crippen molar-refractivity contribution < 1.29 is 43.0 Å². The van der Waals surface area contributed by atoms with E-state index in [4.69, 9.17) is 20.9 Å². The molecule has 0 radical (unpaired) electrons. The highest BCUT2D eigenvalue weighted by molar-refractivity contribution is 5.99. The van der Waals surface area contributed by atoms with Crippen molar-refractivity contribution >= 4 is 52.4 Å². The number of hydrogen-bond donors (Lipinski definition) is 9. The van der Waals surface area contributed by atoms with Crippen LogP contribution < -0.4 is 48.1 Å². The fourth-order valence-corrected chi connectivity index (χ4v) is 9.65. The highest BCUT2D eigenvalue weighted by Gasteiger charge is 2.45. The second-order valence-corrected chi connectivity index (χ2v) is 19.2. The van der Waals surface area contributed by atoms with E-state index in [2.05, 4.69) is 36.9 Å². The Balaban J connectivity index is 1.19. The van der Waals surface area contributed by atoms with E-state index in [9.17, 15) is 24.0 Å². The maximum atomic E-state index is 15.3. The van der Waals surface area contributed by atoms with Gasteiger partial charge in [0.25, 0.3) is 0 Å². The smallest absolute Gasteiger partial charge is 0.407 e. The molecule has 2 aliphatic rings. The van der Waals surface area contributed by atoms with Gasteiger partial charge in [0.15, 0.2) is 0 Å². The molecule has 2 fully saturated rings. The van der Waals surface area contributed by atoms with E-state index in [1.807, 2.05) is 60.7 Å². The van der Waals surface area contributed by atoms with Crippen LogP contribution in [0.1, 0.15) is 59.5 Å². The molecule has 19 nitrogen and oxygen atoms in total. The van der Waals surface area contributed by atoms with E-state index < -0.39 is 83.9 Å². The van der Waals surface area contributed by atoms with E-state index in [-0.39, 0.29) is 51.7 Å². The van der Waals surface area contributed by atoms with Crippen molar-refractivity contribution in [2.24, 2.45) is 11.5 Å². The minimum atomic E-state index is -1.42. The van der Waals surface area contributed by atoms with Crippen molar-refractivity contribution in [2.45, 2.75) is 93.9 Å². The average Bonchev–Trinajstić information content (AvgIpc) is 4.08. The van der Waals surface area contributed by atoms with Crippen LogP contribution in [0.4, 0.5) is 4.79 Å². The molecule has 77 heavy (non-hydrogen) atoms. The molecule has 0 saturated carbocycles. The fourth-order valence-electron chi connectivity index (χ4n) is 9.65. The first-order chi connectivity index (χ1) is 37.5. The molecule has 7 atom stereocenters. The Morgan fingerprint density at radius 2 is 1.17 bits per heavy atom. The second-order valence-electron chi connectivity index (χ2n) is 19.2. The number of H-pyrrole nitrogens is 1. The van der Waals surface area contributed by atoms with Gasteiger partial charge in [-0.1, -0.05) is 121 Å². The fraction of sp³-hybridized carbons (Fsp3) is 0.328. The molecule has 8 rings (SSSR count). The van der Waals surface area contributed by atoms with Crippen LogP contribution in [0, 0.1) is 0 Å². The van der Waals surface area contributed by atoms with Crippen molar-refractivity contribution in [3.8, 4) is 5.75 Å². The Morgan fingerprint density at radius 1 is 0.584 bits per heavy atom. The first-order valence-electron chi connectivity index (χ1n) is 26.0. The number of unbranched alkanes of at least 4 members (excludes halogenated alkanes) is 1. The molecule has 19 heteroatoms. The van der Waals surface area contributed by atoms with Crippen LogP contribution in [0.3, 0.4) is 0 Å². The molecule has 7 amide bonds. The summed E-state index contributed by atoms with van der Waals surface area (Å²) in [6.07, 6.45) is 0.652. The second kappa shape index (κ2) is 26.8. The lowest BCUT2D eigenvalue weighted by Crippen LogP contribution is -2.61. The quantitative estimate of drug-likeness (QED) is 0.0598. The molecule has 2 aliphatic heterocycles. The number of benzene rings is 5. The number of para-hydroxylation sites is 1. The number of ether oxygens (including phenoxy) is 2. The summed E-state index contributed by atoms with van der Waals surface area (Å²) in [5.74, 6) is -3.76. The highest BCUT2D eigenvalue weighted by Crippen LogP contribution is 2.26. The summed E-state index contributed by atoms with van der Waals surface area (Å²) >= 11 is 0. The third kappa shape index (κ3) is 14.9. The van der Waals surface area contributed by atoms with E-state index >= 15 is 9.59 Å². The number of nitrogens with zero attached hydrogens (tertiary/aromatic N) is 1. The first kappa shape index (κ1) is 54.7. The largest absolute Gasteiger partial charge is 0.489 e. The van der Waals surface area contributed by atoms with E-state index in [0.717, 1.165) is 16.5 Å². The number of alkyl carbamates (subject to hydrolysis) is 1. The Kier molecular flexibility index (Phi) is 19.0. The van der Waals surface area contributed by atoms with Gasteiger partial charge in [0.1, 0.15) is 54.7 Å². The van der Waals surface area contributed by atoms with Gasteiger partial charge in [0, 0.05) is 55.9 Å². The zero-order valence-electron chi connectivity index (χ0n) is 42.7. The highest BCUT2D eigenvalue weighted by atomic mass is 16.6. The number of aromatic nitrogens is 1. The predicted octanol–water partition coefficient (Wildman–Crippen LogP) is 3.37. The van der Waals surface area contributed by atoms with Gasteiger partial charge in [-0.3, -0.25) is 28.8 Å². The van der Waals surface area contributed by atoms with E-state index in [0.29, 0.717) is 54.0 Å². The van der Waals surface area contributed by atoms with E-state index in [1.54, 1.807) is 85.1 Å². The number of carbonyl (C=O) groups excluding carboxylic acids is 7. The zero-order chi connectivity index (χ0) is 54.1. The number of aromatic amines is 1. The molecule has 6 aromatic rings. The number of rotatable bonds is 17. The van der Waals surface area contributed by atoms with Crippen LogP contribution in [0.25, 0.3) is 10.9 Å². The van der Waals surface area contributed by atoms with Gasteiger partial charge in [0.2, 0.25) is 35.4 Å². The van der Waals surface area contributed by atoms with Gasteiger partial charge in [-0.15, -0.1) is 0 Å². The molecule has 5 aromatic carbocycles. The maximum absolute atomic E-state index is 15.3. The summed E-state index contributed by atoms with van der Waals surface area (Å²) < 4.78 is 11.8. The molecule has 11 N–H and O–H groups in total. The molecule has 2 saturated heterocycles. The molecule has 0 spiro atoms. The van der Waals surface area contributed by atoms with Crippen LogP contribution >= 0.6 is 0 Å². The number of nitrogens with two attached hydrogens (primary N) is 2. The van der Waals surface area contributed by atoms with E-state index in [1.165, 1.54) is 4.90 Å². The first-order valence-corrected chi connectivity index (χ1v) is 26.0. The van der Waals surface area contributed by atoms with Gasteiger partial charge < -0.3 is 62.7 Å². The van der Waals surface area contributed by atoms with Crippen LogP contribution in [0.2, 0.25) is 0 Å². The number of fused-ring (bicyclic) bond motifs is 2. The molecule has 0 unspecified atom stereocenters. The number of amides is 7. The van der Waals surface area contributed by atoms with Gasteiger partial charge in [-0.05, 0) is 71.8 Å². The van der Waals surface area contributed by atoms with Crippen LogP contribution in [0.15, 0.2) is 146 Å². The van der Waals surface area contributed by atoms with Crippen molar-refractivity contribution in [1.29, 1.82) is 0 Å². The monoisotopic (exact) mass is 1050 g/mol. The molecule has 0 bridgehead atoms. The third-order valence-corrected chi connectivity index (χ3v) is 13.7. The summed E-state index contributed by atoms with van der Waals surface area (Å²) in [4.78, 5) is 107. The van der Waals surface area contributed by atoms with Gasteiger partial charge in [0.05, 0.1) is 6.54 Å².